The minimum atomic E-state index is -0.181. The van der Waals surface area contributed by atoms with Crippen LogP contribution in [0.3, 0.4) is 0 Å². The van der Waals surface area contributed by atoms with Crippen LogP contribution in [0.1, 0.15) is 47.5 Å². The van der Waals surface area contributed by atoms with Gasteiger partial charge in [0.15, 0.2) is 10.5 Å². The third kappa shape index (κ3) is 2.33. The molecule has 0 spiro atoms. The predicted octanol–water partition coefficient (Wildman–Crippen LogP) is 2.79. The molecule has 1 aliphatic heterocycles. The number of carbonyl (C=O) groups is 1. The molecule has 0 aromatic carbocycles. The Bertz CT molecular complexity index is 219. The number of ketones is 1. The van der Waals surface area contributed by atoms with E-state index in [-0.39, 0.29) is 10.2 Å². The van der Waals surface area contributed by atoms with Crippen LogP contribution in [-0.2, 0) is 15.7 Å². The van der Waals surface area contributed by atoms with Crippen LogP contribution in [0.2, 0.25) is 0 Å². The summed E-state index contributed by atoms with van der Waals surface area (Å²) in [5.41, 5.74) is -0.181. The van der Waals surface area contributed by atoms with Gasteiger partial charge in [0.05, 0.1) is 0 Å². The number of hydrogen-bond acceptors (Lipinski definition) is 1. The van der Waals surface area contributed by atoms with Crippen molar-refractivity contribution < 1.29 is 4.79 Å². The van der Waals surface area contributed by atoms with Crippen molar-refractivity contribution in [2.75, 3.05) is 11.5 Å². The first-order valence-electron chi connectivity index (χ1n) is 5.49. The number of hydrogen-bond donors (Lipinski definition) is 0. The monoisotopic (exact) mass is 215 g/mol. The largest absolute Gasteiger partial charge is 0.293 e. The van der Waals surface area contributed by atoms with Crippen LogP contribution in [0, 0.1) is 5.41 Å². The molecule has 1 aliphatic rings. The smallest absolute Gasteiger partial charge is 0.192 e. The van der Waals surface area contributed by atoms with E-state index >= 15 is 0 Å². The molecule has 0 radical (unpaired) electrons. The van der Waals surface area contributed by atoms with Crippen LogP contribution < -0.4 is 0 Å². The fraction of sp³-hybridized carbons (Fsp3) is 0.917. The zero-order chi connectivity index (χ0) is 11.0. The summed E-state index contributed by atoms with van der Waals surface area (Å²) in [6.45, 7) is 10.4. The lowest BCUT2D eigenvalue weighted by Gasteiger charge is -2.28. The maximum absolute atomic E-state index is 12.3. The van der Waals surface area contributed by atoms with E-state index in [0.29, 0.717) is 16.7 Å². The Balaban J connectivity index is 2.78. The van der Waals surface area contributed by atoms with Gasteiger partial charge in [0.1, 0.15) is 11.5 Å². The Morgan fingerprint density at radius 2 is 1.43 bits per heavy atom. The Labute approximate surface area is 91.0 Å². The van der Waals surface area contributed by atoms with Crippen LogP contribution in [0.4, 0.5) is 0 Å². The van der Waals surface area contributed by atoms with Crippen molar-refractivity contribution in [1.82, 2.24) is 0 Å². The summed E-state index contributed by atoms with van der Waals surface area (Å²) >= 11 is 0. The van der Waals surface area contributed by atoms with Crippen molar-refractivity contribution >= 4 is 16.7 Å². The lowest BCUT2D eigenvalue weighted by Crippen LogP contribution is -2.47. The van der Waals surface area contributed by atoms with Gasteiger partial charge >= 0.3 is 0 Å². The normalized spacial score (nSPS) is 20.1. The zero-order valence-electron chi connectivity index (χ0n) is 10.1. The van der Waals surface area contributed by atoms with Crippen LogP contribution in [0.15, 0.2) is 0 Å². The summed E-state index contributed by atoms with van der Waals surface area (Å²) in [7, 11) is 0.336. The van der Waals surface area contributed by atoms with Crippen LogP contribution in [0.25, 0.3) is 0 Å². The second kappa shape index (κ2) is 3.88. The molecule has 0 N–H and O–H groups in total. The van der Waals surface area contributed by atoms with Gasteiger partial charge in [-0.05, 0) is 26.7 Å². The van der Waals surface area contributed by atoms with Gasteiger partial charge < -0.3 is 0 Å². The highest BCUT2D eigenvalue weighted by atomic mass is 32.2. The predicted molar refractivity (Wildman–Crippen MR) is 64.9 cm³/mol. The van der Waals surface area contributed by atoms with Crippen molar-refractivity contribution in [3.63, 3.8) is 0 Å². The average Bonchev–Trinajstić information content (AvgIpc) is 2.53. The van der Waals surface area contributed by atoms with E-state index in [0.717, 1.165) is 0 Å². The molecule has 0 amide bonds. The second-order valence-electron chi connectivity index (χ2n) is 5.70. The summed E-state index contributed by atoms with van der Waals surface area (Å²) in [6.07, 6.45) is 2.65. The molecule has 1 saturated heterocycles. The molecule has 0 saturated carbocycles. The lowest BCUT2D eigenvalue weighted by molar-refractivity contribution is -0.128. The molecule has 1 nitrogen and oxygen atoms in total. The first kappa shape index (κ1) is 12.1. The molecule has 0 atom stereocenters. The molecule has 1 fully saturated rings. The zero-order valence-corrected chi connectivity index (χ0v) is 11.0. The average molecular weight is 215 g/mol. The Hall–Kier alpha value is 0.0200. The van der Waals surface area contributed by atoms with Gasteiger partial charge in [0.25, 0.3) is 0 Å². The van der Waals surface area contributed by atoms with E-state index in [1.54, 1.807) is 0 Å². The van der Waals surface area contributed by atoms with Crippen molar-refractivity contribution in [2.24, 2.45) is 5.41 Å². The van der Waals surface area contributed by atoms with Gasteiger partial charge in [0.2, 0.25) is 0 Å². The van der Waals surface area contributed by atoms with Crippen molar-refractivity contribution in [3.05, 3.63) is 0 Å². The van der Waals surface area contributed by atoms with E-state index in [2.05, 4.69) is 13.8 Å². The Morgan fingerprint density at radius 1 is 1.00 bits per heavy atom. The molecule has 0 aliphatic carbocycles. The van der Waals surface area contributed by atoms with E-state index in [9.17, 15) is 4.79 Å². The Morgan fingerprint density at radius 3 is 1.79 bits per heavy atom. The number of Topliss-reactive ketones (excluding diaryl/α,β-unsaturated/α-hetero) is 1. The lowest BCUT2D eigenvalue weighted by atomic mass is 9.84. The SMILES string of the molecule is CC(C)(C)C(=O)C(C)(C)[S+]1CCCC1. The first-order valence-corrected chi connectivity index (χ1v) is 7.05. The minimum absolute atomic E-state index is 0.0885. The van der Waals surface area contributed by atoms with Gasteiger partial charge in [-0.15, -0.1) is 0 Å². The molecule has 0 bridgehead atoms. The van der Waals surface area contributed by atoms with E-state index < -0.39 is 0 Å². The maximum Gasteiger partial charge on any atom is 0.192 e. The molecule has 1 rings (SSSR count). The van der Waals surface area contributed by atoms with Crippen LogP contribution in [0.5, 0.6) is 0 Å². The molecule has 0 unspecified atom stereocenters. The van der Waals surface area contributed by atoms with Crippen molar-refractivity contribution in [3.8, 4) is 0 Å². The first-order chi connectivity index (χ1) is 6.26. The molecular formula is C12H23OS+. The van der Waals surface area contributed by atoms with E-state index in [1.165, 1.54) is 24.3 Å². The van der Waals surface area contributed by atoms with Gasteiger partial charge in [-0.3, -0.25) is 4.79 Å². The standard InChI is InChI=1S/C12H23OS/c1-11(2,3)10(13)12(4,5)14-8-6-7-9-14/h6-9H2,1-5H3/q+1. The summed E-state index contributed by atoms with van der Waals surface area (Å²) in [6, 6.07) is 0. The molecule has 1 heterocycles. The highest BCUT2D eigenvalue weighted by Gasteiger charge is 2.50. The summed E-state index contributed by atoms with van der Waals surface area (Å²) < 4.78 is -0.0885. The molecule has 82 valence electrons. The molecule has 14 heavy (non-hydrogen) atoms. The van der Waals surface area contributed by atoms with Gasteiger partial charge in [-0.2, -0.15) is 0 Å². The fourth-order valence-corrected chi connectivity index (χ4v) is 5.10. The fourth-order valence-electron chi connectivity index (χ4n) is 2.20. The maximum atomic E-state index is 12.3. The quantitative estimate of drug-likeness (QED) is 0.647. The van der Waals surface area contributed by atoms with E-state index in [4.69, 9.17) is 0 Å². The van der Waals surface area contributed by atoms with Gasteiger partial charge in [-0.25, -0.2) is 0 Å². The van der Waals surface area contributed by atoms with Crippen molar-refractivity contribution in [1.29, 1.82) is 0 Å². The third-order valence-corrected chi connectivity index (χ3v) is 6.17. The summed E-state index contributed by atoms with van der Waals surface area (Å²) in [5.74, 6) is 2.99. The van der Waals surface area contributed by atoms with Gasteiger partial charge in [0, 0.05) is 16.3 Å². The molecule has 0 aromatic rings. The molecular weight excluding hydrogens is 192 g/mol. The van der Waals surface area contributed by atoms with E-state index in [1.807, 2.05) is 20.8 Å². The summed E-state index contributed by atoms with van der Waals surface area (Å²) in [4.78, 5) is 12.3. The number of carbonyl (C=O) groups excluding carboxylic acids is 1. The van der Waals surface area contributed by atoms with Crippen LogP contribution >= 0.6 is 0 Å². The highest BCUT2D eigenvalue weighted by Crippen LogP contribution is 2.34. The minimum Gasteiger partial charge on any atom is -0.293 e. The Kier molecular flexibility index (Phi) is 3.35. The third-order valence-electron chi connectivity index (χ3n) is 2.98. The highest BCUT2D eigenvalue weighted by molar-refractivity contribution is 7.99. The summed E-state index contributed by atoms with van der Waals surface area (Å²) in [5, 5.41) is 0. The van der Waals surface area contributed by atoms with Crippen LogP contribution in [-0.4, -0.2) is 22.0 Å². The topological polar surface area (TPSA) is 17.1 Å². The molecule has 0 aromatic heterocycles. The number of rotatable bonds is 2. The van der Waals surface area contributed by atoms with Gasteiger partial charge in [-0.1, -0.05) is 20.8 Å². The molecule has 2 heteroatoms. The van der Waals surface area contributed by atoms with Crippen molar-refractivity contribution in [2.45, 2.75) is 52.2 Å². The second-order valence-corrected chi connectivity index (χ2v) is 8.52.